The van der Waals surface area contributed by atoms with Gasteiger partial charge in [-0.15, -0.1) is 0 Å². The third-order valence-electron chi connectivity index (χ3n) is 3.42. The molecule has 0 fully saturated rings. The molecule has 0 aliphatic rings. The molecule has 0 heterocycles. The molecular weight excluding hydrogens is 389 g/mol. The van der Waals surface area contributed by atoms with E-state index in [0.717, 1.165) is 5.56 Å². The number of benzene rings is 2. The third kappa shape index (κ3) is 6.37. The maximum atomic E-state index is 13.9. The molecule has 0 radical (unpaired) electrons. The fourth-order valence-corrected chi connectivity index (χ4v) is 2.59. The number of thiocarbonyl (C=S) groups is 1. The van der Waals surface area contributed by atoms with Gasteiger partial charge in [0.05, 0.1) is 17.8 Å². The van der Waals surface area contributed by atoms with Crippen molar-refractivity contribution in [3.63, 3.8) is 0 Å². The molecule has 0 aromatic heterocycles. The van der Waals surface area contributed by atoms with Crippen LogP contribution in [0.15, 0.2) is 41.5 Å². The molecule has 0 spiro atoms. The number of hydrogen-bond donors (Lipinski definition) is 2. The van der Waals surface area contributed by atoms with Gasteiger partial charge >= 0.3 is 0 Å². The van der Waals surface area contributed by atoms with Gasteiger partial charge in [0.25, 0.3) is 0 Å². The first-order valence-corrected chi connectivity index (χ1v) is 9.23. The van der Waals surface area contributed by atoms with Gasteiger partial charge in [0, 0.05) is 12.1 Å². The molecule has 0 saturated heterocycles. The van der Waals surface area contributed by atoms with Gasteiger partial charge in [0.2, 0.25) is 0 Å². The molecule has 2 aromatic carbocycles. The Morgan fingerprint density at radius 2 is 2.04 bits per heavy atom. The molecule has 0 bridgehead atoms. The summed E-state index contributed by atoms with van der Waals surface area (Å²) in [4.78, 5) is 0. The van der Waals surface area contributed by atoms with Crippen molar-refractivity contribution in [1.82, 2.24) is 10.7 Å². The molecule has 2 N–H and O–H groups in total. The lowest BCUT2D eigenvalue weighted by atomic mass is 10.2. The van der Waals surface area contributed by atoms with E-state index in [1.54, 1.807) is 30.5 Å². The summed E-state index contributed by atoms with van der Waals surface area (Å²) in [6.45, 7) is 4.99. The lowest BCUT2D eigenvalue weighted by Crippen LogP contribution is -2.31. The minimum Gasteiger partial charge on any atom is -0.490 e. The minimum absolute atomic E-state index is 0.00245. The van der Waals surface area contributed by atoms with E-state index in [9.17, 15) is 4.39 Å². The SMILES string of the molecule is CCNC(=S)NN=Cc1ccc(OCc2c(F)cccc2Cl)c(OCC)c1. The number of hydrazone groups is 1. The van der Waals surface area contributed by atoms with Gasteiger partial charge in [0.1, 0.15) is 12.4 Å². The highest BCUT2D eigenvalue weighted by Gasteiger charge is 2.11. The van der Waals surface area contributed by atoms with Crippen LogP contribution in [0.4, 0.5) is 4.39 Å². The van der Waals surface area contributed by atoms with Gasteiger partial charge < -0.3 is 14.8 Å². The monoisotopic (exact) mass is 409 g/mol. The Balaban J connectivity index is 2.10. The Morgan fingerprint density at radius 1 is 1.22 bits per heavy atom. The molecule has 8 heteroatoms. The summed E-state index contributed by atoms with van der Waals surface area (Å²) < 4.78 is 25.2. The van der Waals surface area contributed by atoms with Crippen molar-refractivity contribution in [3.8, 4) is 11.5 Å². The zero-order valence-electron chi connectivity index (χ0n) is 15.1. The molecule has 0 unspecified atom stereocenters. The number of hydrogen-bond acceptors (Lipinski definition) is 4. The highest BCUT2D eigenvalue weighted by Crippen LogP contribution is 2.30. The molecule has 0 atom stereocenters. The predicted octanol–water partition coefficient (Wildman–Crippen LogP) is 4.27. The van der Waals surface area contributed by atoms with Crippen molar-refractivity contribution < 1.29 is 13.9 Å². The van der Waals surface area contributed by atoms with E-state index in [1.807, 2.05) is 19.9 Å². The van der Waals surface area contributed by atoms with Gasteiger partial charge in [-0.3, -0.25) is 5.43 Å². The third-order valence-corrected chi connectivity index (χ3v) is 4.01. The minimum atomic E-state index is -0.410. The van der Waals surface area contributed by atoms with Crippen molar-refractivity contribution in [1.29, 1.82) is 0 Å². The summed E-state index contributed by atoms with van der Waals surface area (Å²) >= 11 is 11.1. The maximum Gasteiger partial charge on any atom is 0.186 e. The Hall–Kier alpha value is -2.38. The van der Waals surface area contributed by atoms with Crippen LogP contribution in [0.1, 0.15) is 25.0 Å². The molecule has 0 aliphatic carbocycles. The average Bonchev–Trinajstić information content (AvgIpc) is 2.63. The summed E-state index contributed by atoms with van der Waals surface area (Å²) in [5, 5.41) is 7.76. The largest absolute Gasteiger partial charge is 0.490 e. The number of nitrogens with zero attached hydrogens (tertiary/aromatic N) is 1. The fourth-order valence-electron chi connectivity index (χ4n) is 2.18. The lowest BCUT2D eigenvalue weighted by molar-refractivity contribution is 0.266. The van der Waals surface area contributed by atoms with Crippen LogP contribution in [0.2, 0.25) is 5.02 Å². The smallest absolute Gasteiger partial charge is 0.186 e. The molecule has 2 rings (SSSR count). The van der Waals surface area contributed by atoms with Crippen LogP contribution in [0.25, 0.3) is 0 Å². The fraction of sp³-hybridized carbons (Fsp3) is 0.263. The summed E-state index contributed by atoms with van der Waals surface area (Å²) in [7, 11) is 0. The molecular formula is C19H21ClFN3O2S. The average molecular weight is 410 g/mol. The van der Waals surface area contributed by atoms with E-state index in [1.165, 1.54) is 6.07 Å². The van der Waals surface area contributed by atoms with Crippen LogP contribution in [-0.4, -0.2) is 24.5 Å². The Kier molecular flexibility index (Phi) is 8.29. The predicted molar refractivity (Wildman–Crippen MR) is 110 cm³/mol. The number of nitrogens with one attached hydrogen (secondary N) is 2. The van der Waals surface area contributed by atoms with Gasteiger partial charge in [-0.2, -0.15) is 5.10 Å². The van der Waals surface area contributed by atoms with Crippen molar-refractivity contribution in [2.75, 3.05) is 13.2 Å². The molecule has 0 aliphatic heterocycles. The van der Waals surface area contributed by atoms with Gasteiger partial charge in [0.15, 0.2) is 16.6 Å². The van der Waals surface area contributed by atoms with Crippen molar-refractivity contribution in [2.24, 2.45) is 5.10 Å². The Labute approximate surface area is 168 Å². The Morgan fingerprint density at radius 3 is 2.74 bits per heavy atom. The van der Waals surface area contributed by atoms with E-state index in [0.29, 0.717) is 40.3 Å². The van der Waals surface area contributed by atoms with E-state index in [2.05, 4.69) is 15.8 Å². The van der Waals surface area contributed by atoms with Crippen LogP contribution in [0.5, 0.6) is 11.5 Å². The van der Waals surface area contributed by atoms with Crippen molar-refractivity contribution >= 4 is 35.1 Å². The number of ether oxygens (including phenoxy) is 2. The lowest BCUT2D eigenvalue weighted by Gasteiger charge is -2.13. The highest BCUT2D eigenvalue weighted by molar-refractivity contribution is 7.80. The van der Waals surface area contributed by atoms with Gasteiger partial charge in [-0.1, -0.05) is 17.7 Å². The zero-order valence-corrected chi connectivity index (χ0v) is 16.7. The highest BCUT2D eigenvalue weighted by atomic mass is 35.5. The van der Waals surface area contributed by atoms with E-state index in [4.69, 9.17) is 33.3 Å². The first kappa shape index (κ1) is 20.9. The standard InChI is InChI=1S/C19H21ClFN3O2S/c1-3-22-19(27)24-23-11-13-8-9-17(18(10-13)25-4-2)26-12-14-15(20)6-5-7-16(14)21/h5-11H,3-4,12H2,1-2H3,(H2,22,24,27). The Bertz CT molecular complexity index is 797. The van der Waals surface area contributed by atoms with Crippen LogP contribution in [0.3, 0.4) is 0 Å². The van der Waals surface area contributed by atoms with Crippen LogP contribution >= 0.6 is 23.8 Å². The van der Waals surface area contributed by atoms with E-state index >= 15 is 0 Å². The van der Waals surface area contributed by atoms with Crippen molar-refractivity contribution in [2.45, 2.75) is 20.5 Å². The summed E-state index contributed by atoms with van der Waals surface area (Å²) in [6, 6.07) is 9.85. The summed E-state index contributed by atoms with van der Waals surface area (Å²) in [5.41, 5.74) is 3.81. The second-order valence-electron chi connectivity index (χ2n) is 5.36. The zero-order chi connectivity index (χ0) is 19.6. The van der Waals surface area contributed by atoms with E-state index in [-0.39, 0.29) is 6.61 Å². The van der Waals surface area contributed by atoms with E-state index < -0.39 is 5.82 Å². The second-order valence-corrected chi connectivity index (χ2v) is 6.17. The number of rotatable bonds is 8. The molecule has 5 nitrogen and oxygen atoms in total. The quantitative estimate of drug-likeness (QED) is 0.387. The second kappa shape index (κ2) is 10.7. The molecule has 144 valence electrons. The molecule has 27 heavy (non-hydrogen) atoms. The normalized spacial score (nSPS) is 10.7. The van der Waals surface area contributed by atoms with Crippen molar-refractivity contribution in [3.05, 3.63) is 58.4 Å². The van der Waals surface area contributed by atoms with Crippen LogP contribution in [-0.2, 0) is 6.61 Å². The molecule has 0 amide bonds. The summed E-state index contributed by atoms with van der Waals surface area (Å²) in [5.74, 6) is 0.611. The molecule has 0 saturated carbocycles. The van der Waals surface area contributed by atoms with Crippen LogP contribution < -0.4 is 20.2 Å². The summed E-state index contributed by atoms with van der Waals surface area (Å²) in [6.07, 6.45) is 1.61. The maximum absolute atomic E-state index is 13.9. The number of halogens is 2. The van der Waals surface area contributed by atoms with Crippen LogP contribution in [0, 0.1) is 5.82 Å². The van der Waals surface area contributed by atoms with Gasteiger partial charge in [-0.25, -0.2) is 4.39 Å². The first-order chi connectivity index (χ1) is 13.0. The topological polar surface area (TPSA) is 54.9 Å². The molecule has 2 aromatic rings. The van der Waals surface area contributed by atoms with Gasteiger partial charge in [-0.05, 0) is 62.0 Å². The first-order valence-electron chi connectivity index (χ1n) is 8.44.